The fourth-order valence-electron chi connectivity index (χ4n) is 3.05. The lowest BCUT2D eigenvalue weighted by Gasteiger charge is -2.37. The van der Waals surface area contributed by atoms with E-state index in [1.54, 1.807) is 17.5 Å². The molecule has 0 saturated carbocycles. The van der Waals surface area contributed by atoms with E-state index in [9.17, 15) is 4.79 Å². The maximum atomic E-state index is 12.5. The highest BCUT2D eigenvalue weighted by Crippen LogP contribution is 2.23. The fourth-order valence-corrected chi connectivity index (χ4v) is 3.80. The number of nitrogens with zero attached hydrogens (tertiary/aromatic N) is 4. The smallest absolute Gasteiger partial charge is 0.322 e. The number of anilines is 1. The molecule has 3 heterocycles. The van der Waals surface area contributed by atoms with Crippen molar-refractivity contribution >= 4 is 23.2 Å². The van der Waals surface area contributed by atoms with Crippen LogP contribution in [0.2, 0.25) is 0 Å². The minimum Gasteiger partial charge on any atom is -0.322 e. The molecule has 0 aliphatic carbocycles. The van der Waals surface area contributed by atoms with Crippen LogP contribution >= 0.6 is 11.3 Å². The Morgan fingerprint density at radius 2 is 1.96 bits per heavy atom. The van der Waals surface area contributed by atoms with Gasteiger partial charge in [0.05, 0.1) is 6.20 Å². The molecular formula is C17H25N5OS. The Hall–Kier alpha value is -1.86. The zero-order chi connectivity index (χ0) is 17.1. The molecule has 7 heteroatoms. The summed E-state index contributed by atoms with van der Waals surface area (Å²) in [4.78, 5) is 16.8. The number of carbonyl (C=O) groups is 1. The molecule has 130 valence electrons. The van der Waals surface area contributed by atoms with Gasteiger partial charge in [0.25, 0.3) is 0 Å². The number of thiophene rings is 1. The van der Waals surface area contributed by atoms with Crippen LogP contribution in [0.4, 0.5) is 10.6 Å². The number of piperazine rings is 1. The van der Waals surface area contributed by atoms with Gasteiger partial charge in [0.2, 0.25) is 0 Å². The molecule has 1 aliphatic rings. The quantitative estimate of drug-likeness (QED) is 0.922. The van der Waals surface area contributed by atoms with Crippen LogP contribution in [0.1, 0.15) is 38.4 Å². The average Bonchev–Trinajstić information content (AvgIpc) is 3.26. The van der Waals surface area contributed by atoms with Gasteiger partial charge in [0.1, 0.15) is 5.82 Å². The first-order chi connectivity index (χ1) is 11.6. The molecule has 2 amide bonds. The Bertz CT molecular complexity index is 658. The van der Waals surface area contributed by atoms with E-state index < -0.39 is 0 Å². The van der Waals surface area contributed by atoms with Crippen molar-refractivity contribution in [3.63, 3.8) is 0 Å². The molecule has 0 unspecified atom stereocenters. The third-order valence-electron chi connectivity index (χ3n) is 4.57. The van der Waals surface area contributed by atoms with E-state index in [-0.39, 0.29) is 12.1 Å². The number of hydrogen-bond donors (Lipinski definition) is 1. The summed E-state index contributed by atoms with van der Waals surface area (Å²) in [5, 5.41) is 11.6. The van der Waals surface area contributed by atoms with Crippen LogP contribution in [0.5, 0.6) is 0 Å². The number of amides is 2. The number of hydrogen-bond acceptors (Lipinski definition) is 4. The van der Waals surface area contributed by atoms with Crippen molar-refractivity contribution in [2.24, 2.45) is 0 Å². The summed E-state index contributed by atoms with van der Waals surface area (Å²) in [6.07, 6.45) is 1.72. The van der Waals surface area contributed by atoms with Crippen LogP contribution in [-0.2, 0) is 0 Å². The van der Waals surface area contributed by atoms with E-state index >= 15 is 0 Å². The zero-order valence-electron chi connectivity index (χ0n) is 14.5. The van der Waals surface area contributed by atoms with E-state index in [0.717, 1.165) is 32.0 Å². The molecule has 1 atom stereocenters. The summed E-state index contributed by atoms with van der Waals surface area (Å²) in [7, 11) is 0. The molecule has 1 N–H and O–H groups in total. The van der Waals surface area contributed by atoms with Crippen molar-refractivity contribution in [1.29, 1.82) is 0 Å². The summed E-state index contributed by atoms with van der Waals surface area (Å²) in [5.74, 6) is 0.754. The van der Waals surface area contributed by atoms with Crippen molar-refractivity contribution in [2.75, 3.05) is 31.5 Å². The molecule has 0 spiro atoms. The van der Waals surface area contributed by atoms with Crippen LogP contribution in [-0.4, -0.2) is 51.8 Å². The lowest BCUT2D eigenvalue weighted by atomic mass is 10.1. The van der Waals surface area contributed by atoms with Gasteiger partial charge in [0, 0.05) is 44.3 Å². The van der Waals surface area contributed by atoms with E-state index in [0.29, 0.717) is 6.04 Å². The van der Waals surface area contributed by atoms with E-state index in [1.165, 1.54) is 5.56 Å². The van der Waals surface area contributed by atoms with Crippen LogP contribution < -0.4 is 5.32 Å². The first-order valence-electron chi connectivity index (χ1n) is 8.42. The van der Waals surface area contributed by atoms with Crippen molar-refractivity contribution < 1.29 is 4.79 Å². The van der Waals surface area contributed by atoms with Crippen molar-refractivity contribution in [1.82, 2.24) is 19.6 Å². The van der Waals surface area contributed by atoms with Crippen LogP contribution in [0, 0.1) is 0 Å². The maximum absolute atomic E-state index is 12.5. The first kappa shape index (κ1) is 17.0. The third kappa shape index (κ3) is 3.62. The second-order valence-corrected chi connectivity index (χ2v) is 7.22. The fraction of sp³-hybridized carbons (Fsp3) is 0.529. The highest BCUT2D eigenvalue weighted by Gasteiger charge is 2.25. The van der Waals surface area contributed by atoms with Crippen molar-refractivity contribution in [3.8, 4) is 0 Å². The summed E-state index contributed by atoms with van der Waals surface area (Å²) in [5.41, 5.74) is 1.36. The normalized spacial score (nSPS) is 17.2. The standard InChI is InChI=1S/C17H25N5OS/c1-13(2)22-16(4-6-18-22)19-17(23)21-9-7-20(8-10-21)14(3)15-5-11-24-12-15/h4-6,11-14H,7-10H2,1-3H3,(H,19,23)/t14-/m0/s1. The Labute approximate surface area is 147 Å². The Kier molecular flexibility index (Phi) is 5.20. The molecule has 3 rings (SSSR count). The molecule has 1 fully saturated rings. The molecule has 0 aromatic carbocycles. The predicted octanol–water partition coefficient (Wildman–Crippen LogP) is 3.44. The minimum absolute atomic E-state index is 0.0414. The highest BCUT2D eigenvalue weighted by atomic mass is 32.1. The monoisotopic (exact) mass is 347 g/mol. The van der Waals surface area contributed by atoms with Crippen LogP contribution in [0.15, 0.2) is 29.1 Å². The number of urea groups is 1. The number of rotatable bonds is 4. The summed E-state index contributed by atoms with van der Waals surface area (Å²) in [6, 6.07) is 4.61. The van der Waals surface area contributed by atoms with Gasteiger partial charge in [-0.15, -0.1) is 0 Å². The van der Waals surface area contributed by atoms with Gasteiger partial charge in [-0.1, -0.05) is 0 Å². The number of nitrogens with one attached hydrogen (secondary N) is 1. The highest BCUT2D eigenvalue weighted by molar-refractivity contribution is 7.07. The van der Waals surface area contributed by atoms with Crippen LogP contribution in [0.3, 0.4) is 0 Å². The molecule has 24 heavy (non-hydrogen) atoms. The van der Waals surface area contributed by atoms with Gasteiger partial charge in [0.15, 0.2) is 0 Å². The van der Waals surface area contributed by atoms with Crippen molar-refractivity contribution in [2.45, 2.75) is 32.9 Å². The van der Waals surface area contributed by atoms with Gasteiger partial charge in [-0.3, -0.25) is 10.2 Å². The largest absolute Gasteiger partial charge is 0.323 e. The first-order valence-corrected chi connectivity index (χ1v) is 9.36. The molecule has 0 radical (unpaired) electrons. The summed E-state index contributed by atoms with van der Waals surface area (Å²) in [6.45, 7) is 9.62. The third-order valence-corrected chi connectivity index (χ3v) is 5.27. The SMILES string of the molecule is CC(C)n1nccc1NC(=O)N1CCN([C@@H](C)c2ccsc2)CC1. The minimum atomic E-state index is -0.0414. The molecule has 1 saturated heterocycles. The number of carbonyl (C=O) groups excluding carboxylic acids is 1. The lowest BCUT2D eigenvalue weighted by Crippen LogP contribution is -2.50. The summed E-state index contributed by atoms with van der Waals surface area (Å²) < 4.78 is 1.83. The summed E-state index contributed by atoms with van der Waals surface area (Å²) >= 11 is 1.73. The Morgan fingerprint density at radius 3 is 2.58 bits per heavy atom. The van der Waals surface area contributed by atoms with E-state index in [2.05, 4.69) is 39.1 Å². The Balaban J connectivity index is 1.54. The molecule has 1 aliphatic heterocycles. The lowest BCUT2D eigenvalue weighted by molar-refractivity contribution is 0.119. The number of aromatic nitrogens is 2. The second-order valence-electron chi connectivity index (χ2n) is 6.44. The van der Waals surface area contributed by atoms with Gasteiger partial charge in [-0.2, -0.15) is 16.4 Å². The zero-order valence-corrected chi connectivity index (χ0v) is 15.3. The topological polar surface area (TPSA) is 53.4 Å². The maximum Gasteiger partial charge on any atom is 0.323 e. The van der Waals surface area contributed by atoms with Crippen LogP contribution in [0.25, 0.3) is 0 Å². The van der Waals surface area contributed by atoms with Gasteiger partial charge in [-0.25, -0.2) is 9.48 Å². The van der Waals surface area contributed by atoms with Gasteiger partial charge >= 0.3 is 6.03 Å². The molecule has 2 aromatic rings. The average molecular weight is 347 g/mol. The van der Waals surface area contributed by atoms with E-state index in [4.69, 9.17) is 0 Å². The predicted molar refractivity (Wildman–Crippen MR) is 97.5 cm³/mol. The molecule has 2 aromatic heterocycles. The van der Waals surface area contributed by atoms with E-state index in [1.807, 2.05) is 29.5 Å². The molecule has 0 bridgehead atoms. The molecule has 6 nitrogen and oxygen atoms in total. The van der Waals surface area contributed by atoms with Crippen molar-refractivity contribution in [3.05, 3.63) is 34.7 Å². The Morgan fingerprint density at radius 1 is 1.21 bits per heavy atom. The van der Waals surface area contributed by atoms with Gasteiger partial charge in [-0.05, 0) is 43.2 Å². The second kappa shape index (κ2) is 7.36. The van der Waals surface area contributed by atoms with Gasteiger partial charge < -0.3 is 4.90 Å². The molecular weight excluding hydrogens is 322 g/mol.